The largest absolute Gasteiger partial charge is 0.376 e. The number of ether oxygens (including phenoxy) is 2. The maximum Gasteiger partial charge on any atom is 0.0717 e. The molecule has 0 saturated carbocycles. The first-order valence-corrected chi connectivity index (χ1v) is 10.6. The zero-order valence-electron chi connectivity index (χ0n) is 18.1. The topological polar surface area (TPSA) is 18.5 Å². The molecule has 0 amide bonds. The van der Waals surface area contributed by atoms with Crippen LogP contribution in [0.2, 0.25) is 0 Å². The minimum absolute atomic E-state index is 0.102. The Morgan fingerprint density at radius 1 is 0.690 bits per heavy atom. The molecule has 0 aliphatic heterocycles. The van der Waals surface area contributed by atoms with E-state index in [0.29, 0.717) is 26.4 Å². The van der Waals surface area contributed by atoms with Crippen LogP contribution in [0.3, 0.4) is 0 Å². The summed E-state index contributed by atoms with van der Waals surface area (Å²) in [4.78, 5) is 0. The third kappa shape index (κ3) is 6.99. The summed E-state index contributed by atoms with van der Waals surface area (Å²) >= 11 is 0. The van der Waals surface area contributed by atoms with Crippen molar-refractivity contribution in [2.45, 2.75) is 46.3 Å². The van der Waals surface area contributed by atoms with Gasteiger partial charge in [-0.2, -0.15) is 0 Å². The van der Waals surface area contributed by atoms with Crippen molar-refractivity contribution in [3.8, 4) is 0 Å². The van der Waals surface area contributed by atoms with E-state index in [9.17, 15) is 0 Å². The second kappa shape index (κ2) is 11.7. The van der Waals surface area contributed by atoms with Gasteiger partial charge < -0.3 is 9.47 Å². The van der Waals surface area contributed by atoms with Gasteiger partial charge in [0.25, 0.3) is 0 Å². The first kappa shape index (κ1) is 23.1. The third-order valence-corrected chi connectivity index (χ3v) is 5.98. The molecule has 156 valence electrons. The van der Waals surface area contributed by atoms with Gasteiger partial charge in [0, 0.05) is 10.8 Å². The quantitative estimate of drug-likeness (QED) is 0.323. The van der Waals surface area contributed by atoms with E-state index >= 15 is 0 Å². The Labute approximate surface area is 177 Å². The molecular weight excluding hydrogens is 356 g/mol. The van der Waals surface area contributed by atoms with Gasteiger partial charge in [0.05, 0.1) is 26.4 Å². The van der Waals surface area contributed by atoms with E-state index < -0.39 is 0 Å². The van der Waals surface area contributed by atoms with Gasteiger partial charge in [0.1, 0.15) is 0 Å². The third-order valence-electron chi connectivity index (χ3n) is 5.98. The molecule has 2 aromatic carbocycles. The molecule has 2 nitrogen and oxygen atoms in total. The summed E-state index contributed by atoms with van der Waals surface area (Å²) in [6.07, 6.45) is 7.01. The molecule has 0 heterocycles. The van der Waals surface area contributed by atoms with Gasteiger partial charge in [0.2, 0.25) is 0 Å². The highest BCUT2D eigenvalue weighted by Crippen LogP contribution is 2.42. The van der Waals surface area contributed by atoms with Crippen LogP contribution in [0.15, 0.2) is 86.0 Å². The minimum Gasteiger partial charge on any atom is -0.376 e. The Kier molecular flexibility index (Phi) is 9.37. The lowest BCUT2D eigenvalue weighted by atomic mass is 9.69. The van der Waals surface area contributed by atoms with Crippen molar-refractivity contribution in [3.63, 3.8) is 0 Å². The highest BCUT2D eigenvalue weighted by atomic mass is 16.5. The summed E-state index contributed by atoms with van der Waals surface area (Å²) in [6, 6.07) is 20.6. The fourth-order valence-electron chi connectivity index (χ4n) is 3.70. The molecule has 0 N–H and O–H groups in total. The number of benzene rings is 2. The fourth-order valence-corrected chi connectivity index (χ4v) is 3.70. The van der Waals surface area contributed by atoms with Crippen LogP contribution >= 0.6 is 0 Å². The summed E-state index contributed by atoms with van der Waals surface area (Å²) in [5.74, 6) is 0. The van der Waals surface area contributed by atoms with Crippen molar-refractivity contribution in [1.82, 2.24) is 0 Å². The molecule has 2 atom stereocenters. The molecule has 0 bridgehead atoms. The van der Waals surface area contributed by atoms with E-state index in [1.807, 2.05) is 36.4 Å². The number of rotatable bonds is 14. The van der Waals surface area contributed by atoms with Crippen molar-refractivity contribution in [2.75, 3.05) is 13.2 Å². The molecule has 0 fully saturated rings. The van der Waals surface area contributed by atoms with Crippen LogP contribution in [0.25, 0.3) is 0 Å². The molecule has 0 aromatic heterocycles. The molecule has 0 aliphatic rings. The molecular formula is C27H36O2. The maximum atomic E-state index is 6.13. The van der Waals surface area contributed by atoms with Gasteiger partial charge in [-0.25, -0.2) is 0 Å². The van der Waals surface area contributed by atoms with Crippen LogP contribution in [0, 0.1) is 10.8 Å². The Hall–Kier alpha value is -2.16. The molecule has 0 spiro atoms. The lowest BCUT2D eigenvalue weighted by Gasteiger charge is -2.39. The van der Waals surface area contributed by atoms with Crippen molar-refractivity contribution in [3.05, 3.63) is 97.1 Å². The Bertz CT molecular complexity index is 661. The fraction of sp³-hybridized carbons (Fsp3) is 0.407. The molecule has 2 unspecified atom stereocenters. The van der Waals surface area contributed by atoms with Gasteiger partial charge >= 0.3 is 0 Å². The van der Waals surface area contributed by atoms with Crippen LogP contribution in [0.4, 0.5) is 0 Å². The molecule has 2 rings (SSSR count). The second-order valence-corrected chi connectivity index (χ2v) is 7.97. The standard InChI is InChI=1S/C27H36O2/c1-5-26(6-2,22-28-19-24-15-11-9-12-16-24)21-27(7-3,8-4)23-29-20-25-17-13-10-14-18-25/h5,7,9-18H,1,3,6,8,19-23H2,2,4H3. The molecule has 0 aliphatic carbocycles. The highest BCUT2D eigenvalue weighted by Gasteiger charge is 2.36. The van der Waals surface area contributed by atoms with Gasteiger partial charge in [-0.15, -0.1) is 13.2 Å². The van der Waals surface area contributed by atoms with E-state index in [0.717, 1.165) is 19.3 Å². The average Bonchev–Trinajstić information content (AvgIpc) is 2.79. The normalized spacial score (nSPS) is 15.2. The number of hydrogen-bond acceptors (Lipinski definition) is 2. The Balaban J connectivity index is 2.00. The highest BCUT2D eigenvalue weighted by molar-refractivity contribution is 5.14. The van der Waals surface area contributed by atoms with Gasteiger partial charge in [0.15, 0.2) is 0 Å². The van der Waals surface area contributed by atoms with Crippen LogP contribution in [0.5, 0.6) is 0 Å². The van der Waals surface area contributed by atoms with Crippen LogP contribution in [-0.4, -0.2) is 13.2 Å². The summed E-state index contributed by atoms with van der Waals surface area (Å²) < 4.78 is 12.3. The van der Waals surface area contributed by atoms with Crippen molar-refractivity contribution < 1.29 is 9.47 Å². The summed E-state index contributed by atoms with van der Waals surface area (Å²) in [7, 11) is 0. The summed E-state index contributed by atoms with van der Waals surface area (Å²) in [6.45, 7) is 15.3. The molecule has 2 heteroatoms. The van der Waals surface area contributed by atoms with Crippen LogP contribution < -0.4 is 0 Å². The van der Waals surface area contributed by atoms with Crippen molar-refractivity contribution in [1.29, 1.82) is 0 Å². The average molecular weight is 393 g/mol. The molecule has 0 saturated heterocycles. The molecule has 2 aromatic rings. The Morgan fingerprint density at radius 2 is 1.07 bits per heavy atom. The lowest BCUT2D eigenvalue weighted by molar-refractivity contribution is -0.00101. The lowest BCUT2D eigenvalue weighted by Crippen LogP contribution is -2.35. The summed E-state index contributed by atoms with van der Waals surface area (Å²) in [5, 5.41) is 0. The molecule has 29 heavy (non-hydrogen) atoms. The van der Waals surface area contributed by atoms with Crippen molar-refractivity contribution in [2.24, 2.45) is 10.8 Å². The van der Waals surface area contributed by atoms with Gasteiger partial charge in [-0.1, -0.05) is 86.7 Å². The van der Waals surface area contributed by atoms with Gasteiger partial charge in [-0.3, -0.25) is 0 Å². The monoisotopic (exact) mass is 392 g/mol. The Morgan fingerprint density at radius 3 is 1.38 bits per heavy atom. The van der Waals surface area contributed by atoms with Crippen LogP contribution in [-0.2, 0) is 22.7 Å². The van der Waals surface area contributed by atoms with Crippen molar-refractivity contribution >= 4 is 0 Å². The first-order valence-electron chi connectivity index (χ1n) is 10.6. The van der Waals surface area contributed by atoms with E-state index in [-0.39, 0.29) is 10.8 Å². The van der Waals surface area contributed by atoms with E-state index in [1.54, 1.807) is 0 Å². The second-order valence-electron chi connectivity index (χ2n) is 7.97. The zero-order chi connectivity index (χ0) is 21.0. The van der Waals surface area contributed by atoms with E-state index in [1.165, 1.54) is 11.1 Å². The van der Waals surface area contributed by atoms with E-state index in [2.05, 4.69) is 63.4 Å². The SMILES string of the molecule is C=CC(CC)(COCc1ccccc1)CC(C=C)(CC)COCc1ccccc1. The predicted molar refractivity (Wildman–Crippen MR) is 123 cm³/mol. The number of hydrogen-bond donors (Lipinski definition) is 0. The minimum atomic E-state index is -0.102. The first-order chi connectivity index (χ1) is 14.1. The predicted octanol–water partition coefficient (Wildman–Crippen LogP) is 6.97. The van der Waals surface area contributed by atoms with Crippen LogP contribution in [0.1, 0.15) is 44.2 Å². The smallest absolute Gasteiger partial charge is 0.0717 e. The maximum absolute atomic E-state index is 6.13. The van der Waals surface area contributed by atoms with E-state index in [4.69, 9.17) is 9.47 Å². The van der Waals surface area contributed by atoms with Gasteiger partial charge in [-0.05, 0) is 30.4 Å². The zero-order valence-corrected chi connectivity index (χ0v) is 18.1. The summed E-state index contributed by atoms with van der Waals surface area (Å²) in [5.41, 5.74) is 2.18. The molecule has 0 radical (unpaired) electrons.